The first-order valence-corrected chi connectivity index (χ1v) is 7.75. The lowest BCUT2D eigenvalue weighted by molar-refractivity contribution is 0.268. The zero-order valence-electron chi connectivity index (χ0n) is 4.29. The lowest BCUT2D eigenvalue weighted by atomic mass is 10.5. The summed E-state index contributed by atoms with van der Waals surface area (Å²) in [4.78, 5) is 0. The van der Waals surface area contributed by atoms with Gasteiger partial charge in [0.2, 0.25) is 0 Å². The van der Waals surface area contributed by atoms with E-state index in [1.54, 1.807) is 0 Å². The lowest BCUT2D eigenvalue weighted by Crippen LogP contribution is -2.33. The summed E-state index contributed by atoms with van der Waals surface area (Å²) in [5.74, 6) is 0. The molecule has 0 bridgehead atoms. The molecule has 0 aromatic heterocycles. The van der Waals surface area contributed by atoms with Gasteiger partial charge in [-0.3, -0.25) is 0 Å². The Hall–Kier alpha value is 3.59. The maximum Gasteiger partial charge on any atom is 0.181 e. The van der Waals surface area contributed by atoms with Gasteiger partial charge in [0, 0.05) is 0 Å². The normalized spacial score (nSPS) is 17.1. The quantitative estimate of drug-likeness (QED) is 0.328. The molecule has 0 aliphatic rings. The van der Waals surface area contributed by atoms with E-state index in [-0.39, 0.29) is 3.92 Å². The standard InChI is InChI=1S/C3H2Br3I3O/c4-2(5,6)1(7)3(8,9)10/h1,10H. The largest absolute Gasteiger partial charge is 0.370 e. The number of alkyl halides is 6. The molecule has 0 amide bonds. The summed E-state index contributed by atoms with van der Waals surface area (Å²) in [6.45, 7) is 0. The summed E-state index contributed by atoms with van der Waals surface area (Å²) in [6, 6.07) is 0. The Labute approximate surface area is 126 Å². The molecule has 62 valence electrons. The Morgan fingerprint density at radius 2 is 1.50 bits per heavy atom. The van der Waals surface area contributed by atoms with Crippen molar-refractivity contribution in [2.45, 2.75) is 7.68 Å². The first kappa shape index (κ1) is 13.6. The monoisotopic (exact) mass is 671 g/mol. The van der Waals surface area contributed by atoms with Crippen LogP contribution in [-0.2, 0) is 0 Å². The molecule has 0 aromatic rings. The number of halogens is 6. The van der Waals surface area contributed by atoms with Crippen LogP contribution in [-0.4, -0.2) is 12.8 Å². The minimum atomic E-state index is -0.771. The molecule has 0 saturated carbocycles. The Morgan fingerprint density at radius 3 is 1.50 bits per heavy atom. The van der Waals surface area contributed by atoms with E-state index in [9.17, 15) is 5.11 Å². The second kappa shape index (κ2) is 4.89. The van der Waals surface area contributed by atoms with Crippen LogP contribution in [0.15, 0.2) is 0 Å². The SMILES string of the molecule is OC(I)(I)C(I)C(Br)(Br)Br. The molecule has 0 rings (SSSR count). The molecule has 0 aromatic carbocycles. The van der Waals surface area contributed by atoms with Crippen LogP contribution >= 0.6 is 116 Å². The second-order valence-corrected chi connectivity index (χ2v) is 15.0. The van der Waals surface area contributed by atoms with Gasteiger partial charge in [-0.2, -0.15) is 0 Å². The minimum absolute atomic E-state index is 0.0128. The second-order valence-electron chi connectivity index (χ2n) is 1.49. The molecule has 0 radical (unpaired) electrons. The van der Waals surface area contributed by atoms with E-state index < -0.39 is 3.76 Å². The molecule has 10 heavy (non-hydrogen) atoms. The fourth-order valence-electron chi connectivity index (χ4n) is 0.197. The van der Waals surface area contributed by atoms with Gasteiger partial charge in [0.1, 0.15) is 0 Å². The fourth-order valence-corrected chi connectivity index (χ4v) is 4.69. The lowest BCUT2D eigenvalue weighted by Gasteiger charge is -2.27. The van der Waals surface area contributed by atoms with Crippen LogP contribution in [0.1, 0.15) is 0 Å². The molecule has 0 fully saturated rings. The minimum Gasteiger partial charge on any atom is -0.370 e. The van der Waals surface area contributed by atoms with Gasteiger partial charge in [-0.25, -0.2) is 0 Å². The van der Waals surface area contributed by atoms with Gasteiger partial charge >= 0.3 is 0 Å². The summed E-state index contributed by atoms with van der Waals surface area (Å²) in [6.07, 6.45) is 0. The van der Waals surface area contributed by atoms with Gasteiger partial charge in [0.05, 0.1) is 3.92 Å². The number of hydrogen-bond donors (Lipinski definition) is 1. The maximum absolute atomic E-state index is 9.50. The van der Waals surface area contributed by atoms with Crippen LogP contribution in [0.3, 0.4) is 0 Å². The molecule has 0 aliphatic carbocycles. The molecule has 7 heteroatoms. The third-order valence-electron chi connectivity index (χ3n) is 0.592. The predicted molar refractivity (Wildman–Crippen MR) is 80.3 cm³/mol. The summed E-state index contributed by atoms with van der Waals surface area (Å²) in [7, 11) is 0. The highest BCUT2D eigenvalue weighted by molar-refractivity contribution is 14.2. The molecule has 1 unspecified atom stereocenters. The van der Waals surface area contributed by atoms with E-state index in [1.807, 2.05) is 45.2 Å². The highest BCUT2D eigenvalue weighted by atomic mass is 127. The van der Waals surface area contributed by atoms with Crippen molar-refractivity contribution in [1.82, 2.24) is 0 Å². The van der Waals surface area contributed by atoms with E-state index in [0.717, 1.165) is 0 Å². The van der Waals surface area contributed by atoms with E-state index in [4.69, 9.17) is 0 Å². The van der Waals surface area contributed by atoms with Crippen molar-refractivity contribution in [2.24, 2.45) is 0 Å². The predicted octanol–water partition coefficient (Wildman–Crippen LogP) is 4.14. The molecule has 1 atom stereocenters. The Balaban J connectivity index is 4.23. The molecule has 0 heterocycles. The highest BCUT2D eigenvalue weighted by Gasteiger charge is 2.41. The smallest absolute Gasteiger partial charge is 0.181 e. The number of hydrogen-bond acceptors (Lipinski definition) is 1. The van der Waals surface area contributed by atoms with Crippen molar-refractivity contribution in [3.63, 3.8) is 0 Å². The number of rotatable bonds is 1. The first-order valence-electron chi connectivity index (χ1n) is 1.96. The molecule has 0 spiro atoms. The highest BCUT2D eigenvalue weighted by Crippen LogP contribution is 2.50. The van der Waals surface area contributed by atoms with Gasteiger partial charge < -0.3 is 5.11 Å². The first-order chi connectivity index (χ1) is 4.15. The van der Waals surface area contributed by atoms with E-state index in [2.05, 4.69) is 70.4 Å². The van der Waals surface area contributed by atoms with Crippen molar-refractivity contribution < 1.29 is 5.11 Å². The van der Waals surface area contributed by atoms with Gasteiger partial charge in [-0.15, -0.1) is 0 Å². The molecule has 0 aliphatic heterocycles. The van der Waals surface area contributed by atoms with Crippen LogP contribution < -0.4 is 0 Å². The summed E-state index contributed by atoms with van der Waals surface area (Å²) in [5, 5.41) is 9.50. The van der Waals surface area contributed by atoms with Crippen LogP contribution in [0, 0.1) is 0 Å². The van der Waals surface area contributed by atoms with Crippen molar-refractivity contribution in [3.05, 3.63) is 0 Å². The number of aliphatic hydroxyl groups is 1. The van der Waals surface area contributed by atoms with Crippen molar-refractivity contribution in [1.29, 1.82) is 0 Å². The molecular formula is C3H2Br3I3O. The Kier molecular flexibility index (Phi) is 6.65. The van der Waals surface area contributed by atoms with Gasteiger partial charge in [0.25, 0.3) is 0 Å². The maximum atomic E-state index is 9.50. The summed E-state index contributed by atoms with van der Waals surface area (Å²) >= 11 is 16.1. The van der Waals surface area contributed by atoms with Crippen LogP contribution in [0.4, 0.5) is 0 Å². The van der Waals surface area contributed by atoms with Gasteiger partial charge in [-0.1, -0.05) is 70.4 Å². The zero-order valence-corrected chi connectivity index (χ0v) is 15.5. The summed E-state index contributed by atoms with van der Waals surface area (Å²) in [5.41, 5.74) is 0. The third kappa shape index (κ3) is 5.35. The van der Waals surface area contributed by atoms with Crippen molar-refractivity contribution >= 4 is 116 Å². The van der Waals surface area contributed by atoms with Crippen molar-refractivity contribution in [3.8, 4) is 0 Å². The van der Waals surface area contributed by atoms with Crippen LogP contribution in [0.2, 0.25) is 0 Å². The topological polar surface area (TPSA) is 20.2 Å². The average Bonchev–Trinajstić information content (AvgIpc) is 1.59. The van der Waals surface area contributed by atoms with Gasteiger partial charge in [0.15, 0.2) is 3.76 Å². The van der Waals surface area contributed by atoms with Crippen LogP contribution in [0.5, 0.6) is 0 Å². The van der Waals surface area contributed by atoms with E-state index in [1.165, 1.54) is 0 Å². The van der Waals surface area contributed by atoms with E-state index >= 15 is 0 Å². The van der Waals surface area contributed by atoms with Crippen LogP contribution in [0.25, 0.3) is 0 Å². The molecular weight excluding hydrogens is 672 g/mol. The van der Waals surface area contributed by atoms with Crippen molar-refractivity contribution in [2.75, 3.05) is 0 Å². The average molecular weight is 674 g/mol. The molecule has 1 nitrogen and oxygen atoms in total. The molecule has 0 saturated heterocycles. The Bertz CT molecular complexity index is 103. The summed E-state index contributed by atoms with van der Waals surface area (Å²) < 4.78 is -1.16. The third-order valence-corrected chi connectivity index (χ3v) is 10.00. The Morgan fingerprint density at radius 1 is 1.20 bits per heavy atom. The zero-order chi connectivity index (χ0) is 8.58. The molecule has 1 N–H and O–H groups in total. The van der Waals surface area contributed by atoms with E-state index in [0.29, 0.717) is 0 Å². The van der Waals surface area contributed by atoms with Gasteiger partial charge in [-0.05, 0) is 45.2 Å². The fraction of sp³-hybridized carbons (Fsp3) is 1.00.